The van der Waals surface area contributed by atoms with Crippen molar-refractivity contribution in [3.05, 3.63) is 11.4 Å². The summed E-state index contributed by atoms with van der Waals surface area (Å²) in [5, 5.41) is 0. The summed E-state index contributed by atoms with van der Waals surface area (Å²) in [5.74, 6) is 8.82. The van der Waals surface area contributed by atoms with Gasteiger partial charge in [-0.25, -0.2) is 15.8 Å². The summed E-state index contributed by atoms with van der Waals surface area (Å²) in [5.41, 5.74) is 3.74. The molecular formula is C14H25N5. The van der Waals surface area contributed by atoms with Gasteiger partial charge in [-0.05, 0) is 26.2 Å². The Bertz CT molecular complexity index is 428. The number of nitrogens with two attached hydrogens (primary N) is 1. The Kier molecular flexibility index (Phi) is 4.58. The highest BCUT2D eigenvalue weighted by Crippen LogP contribution is 2.39. The SMILES string of the molecule is CCCCCN(C)c1nc(C2CC2)nc(NN)c1C. The van der Waals surface area contributed by atoms with E-state index < -0.39 is 0 Å². The van der Waals surface area contributed by atoms with E-state index >= 15 is 0 Å². The first-order valence-corrected chi connectivity index (χ1v) is 7.23. The molecule has 0 bridgehead atoms. The van der Waals surface area contributed by atoms with E-state index in [1.54, 1.807) is 0 Å². The molecular weight excluding hydrogens is 238 g/mol. The highest BCUT2D eigenvalue weighted by Gasteiger charge is 2.28. The molecule has 0 spiro atoms. The maximum absolute atomic E-state index is 5.57. The zero-order valence-corrected chi connectivity index (χ0v) is 12.2. The van der Waals surface area contributed by atoms with Gasteiger partial charge in [-0.1, -0.05) is 19.8 Å². The van der Waals surface area contributed by atoms with Crippen LogP contribution in [-0.2, 0) is 0 Å². The second-order valence-corrected chi connectivity index (χ2v) is 5.43. The van der Waals surface area contributed by atoms with Gasteiger partial charge in [0.25, 0.3) is 0 Å². The largest absolute Gasteiger partial charge is 0.359 e. The fourth-order valence-electron chi connectivity index (χ4n) is 2.26. The minimum absolute atomic E-state index is 0.537. The van der Waals surface area contributed by atoms with E-state index in [1.165, 1.54) is 32.1 Å². The van der Waals surface area contributed by atoms with Gasteiger partial charge in [0.05, 0.1) is 0 Å². The van der Waals surface area contributed by atoms with Crippen molar-refractivity contribution in [3.63, 3.8) is 0 Å². The monoisotopic (exact) mass is 263 g/mol. The molecule has 3 N–H and O–H groups in total. The standard InChI is InChI=1S/C14H25N5/c1-4-5-6-9-19(3)14-10(2)12(18-15)16-13(17-14)11-7-8-11/h11H,4-9,15H2,1-3H3,(H,16,17,18). The Labute approximate surface area is 115 Å². The molecule has 0 aromatic carbocycles. The van der Waals surface area contributed by atoms with Crippen molar-refractivity contribution in [2.24, 2.45) is 5.84 Å². The lowest BCUT2D eigenvalue weighted by molar-refractivity contribution is 0.697. The van der Waals surface area contributed by atoms with Gasteiger partial charge in [-0.3, -0.25) is 0 Å². The van der Waals surface area contributed by atoms with Crippen LogP contribution in [0.5, 0.6) is 0 Å². The molecule has 5 heteroatoms. The first-order chi connectivity index (χ1) is 9.17. The third kappa shape index (κ3) is 3.35. The summed E-state index contributed by atoms with van der Waals surface area (Å²) in [4.78, 5) is 11.5. The minimum Gasteiger partial charge on any atom is -0.359 e. The molecule has 0 radical (unpaired) electrons. The molecule has 19 heavy (non-hydrogen) atoms. The molecule has 5 nitrogen and oxygen atoms in total. The average Bonchev–Trinajstić information content (AvgIpc) is 3.23. The minimum atomic E-state index is 0.537. The van der Waals surface area contributed by atoms with Crippen molar-refractivity contribution in [1.82, 2.24) is 9.97 Å². The first-order valence-electron chi connectivity index (χ1n) is 7.23. The van der Waals surface area contributed by atoms with Crippen LogP contribution in [0.15, 0.2) is 0 Å². The molecule has 1 heterocycles. The van der Waals surface area contributed by atoms with Crippen LogP contribution in [0, 0.1) is 6.92 Å². The van der Waals surface area contributed by atoms with Gasteiger partial charge in [-0.15, -0.1) is 0 Å². The van der Waals surface area contributed by atoms with Gasteiger partial charge < -0.3 is 10.3 Å². The van der Waals surface area contributed by atoms with Gasteiger partial charge in [0.15, 0.2) is 0 Å². The molecule has 1 aromatic heterocycles. The summed E-state index contributed by atoms with van der Waals surface area (Å²) in [6.07, 6.45) is 6.09. The highest BCUT2D eigenvalue weighted by molar-refractivity contribution is 5.58. The number of nitrogen functional groups attached to an aromatic ring is 1. The molecule has 106 valence electrons. The van der Waals surface area contributed by atoms with Crippen LogP contribution in [0.3, 0.4) is 0 Å². The number of nitrogens with one attached hydrogen (secondary N) is 1. The molecule has 2 rings (SSSR count). The highest BCUT2D eigenvalue weighted by atomic mass is 15.3. The smallest absolute Gasteiger partial charge is 0.148 e. The van der Waals surface area contributed by atoms with Crippen molar-refractivity contribution < 1.29 is 0 Å². The van der Waals surface area contributed by atoms with E-state index in [-0.39, 0.29) is 0 Å². The Morgan fingerprint density at radius 1 is 1.32 bits per heavy atom. The lowest BCUT2D eigenvalue weighted by Crippen LogP contribution is -2.23. The Hall–Kier alpha value is -1.36. The van der Waals surface area contributed by atoms with Gasteiger partial charge in [0.1, 0.15) is 17.5 Å². The second kappa shape index (κ2) is 6.19. The topological polar surface area (TPSA) is 67.1 Å². The quantitative estimate of drug-likeness (QED) is 0.449. The number of hydrazine groups is 1. The predicted molar refractivity (Wildman–Crippen MR) is 79.3 cm³/mol. The van der Waals surface area contributed by atoms with Crippen LogP contribution in [0.2, 0.25) is 0 Å². The Balaban J connectivity index is 2.19. The predicted octanol–water partition coefficient (Wildman–Crippen LogP) is 2.57. The molecule has 0 aliphatic heterocycles. The first kappa shape index (κ1) is 14.1. The third-order valence-electron chi connectivity index (χ3n) is 3.68. The molecule has 1 aliphatic carbocycles. The van der Waals surface area contributed by atoms with E-state index in [2.05, 4.69) is 29.3 Å². The summed E-state index contributed by atoms with van der Waals surface area (Å²) in [6.45, 7) is 5.27. The Morgan fingerprint density at radius 2 is 2.05 bits per heavy atom. The molecule has 1 aromatic rings. The maximum atomic E-state index is 5.57. The van der Waals surface area contributed by atoms with Gasteiger partial charge in [0, 0.05) is 25.1 Å². The van der Waals surface area contributed by atoms with Crippen LogP contribution in [0.25, 0.3) is 0 Å². The lowest BCUT2D eigenvalue weighted by Gasteiger charge is -2.22. The van der Waals surface area contributed by atoms with Crippen LogP contribution >= 0.6 is 0 Å². The van der Waals surface area contributed by atoms with E-state index in [0.717, 1.165) is 29.6 Å². The molecule has 0 unspecified atom stereocenters. The number of hydrogen-bond acceptors (Lipinski definition) is 5. The lowest BCUT2D eigenvalue weighted by atomic mass is 10.2. The van der Waals surface area contributed by atoms with Crippen molar-refractivity contribution in [2.45, 2.75) is 51.9 Å². The van der Waals surface area contributed by atoms with Crippen molar-refractivity contribution >= 4 is 11.6 Å². The fraction of sp³-hybridized carbons (Fsp3) is 0.714. The summed E-state index contributed by atoms with van der Waals surface area (Å²) in [7, 11) is 2.10. The van der Waals surface area contributed by atoms with Crippen molar-refractivity contribution in [3.8, 4) is 0 Å². The fourth-order valence-corrected chi connectivity index (χ4v) is 2.26. The van der Waals surface area contributed by atoms with Crippen LogP contribution in [0.1, 0.15) is 56.3 Å². The molecule has 0 atom stereocenters. The number of nitrogens with zero attached hydrogens (tertiary/aromatic N) is 3. The van der Waals surface area contributed by atoms with Crippen LogP contribution in [-0.4, -0.2) is 23.6 Å². The van der Waals surface area contributed by atoms with Crippen molar-refractivity contribution in [1.29, 1.82) is 0 Å². The van der Waals surface area contributed by atoms with E-state index in [9.17, 15) is 0 Å². The van der Waals surface area contributed by atoms with Gasteiger partial charge >= 0.3 is 0 Å². The number of anilines is 2. The molecule has 1 aliphatic rings. The summed E-state index contributed by atoms with van der Waals surface area (Å²) < 4.78 is 0. The van der Waals surface area contributed by atoms with Crippen LogP contribution < -0.4 is 16.2 Å². The number of unbranched alkanes of at least 4 members (excludes halogenated alkanes) is 2. The van der Waals surface area contributed by atoms with E-state index in [4.69, 9.17) is 10.8 Å². The normalized spacial score (nSPS) is 14.5. The van der Waals surface area contributed by atoms with Crippen molar-refractivity contribution in [2.75, 3.05) is 23.9 Å². The number of rotatable bonds is 7. The third-order valence-corrected chi connectivity index (χ3v) is 3.68. The zero-order valence-electron chi connectivity index (χ0n) is 12.2. The number of aromatic nitrogens is 2. The van der Waals surface area contributed by atoms with E-state index in [0.29, 0.717) is 5.92 Å². The number of hydrogen-bond donors (Lipinski definition) is 2. The maximum Gasteiger partial charge on any atom is 0.148 e. The summed E-state index contributed by atoms with van der Waals surface area (Å²) >= 11 is 0. The Morgan fingerprint density at radius 3 is 2.63 bits per heavy atom. The molecule has 0 saturated heterocycles. The summed E-state index contributed by atoms with van der Waals surface area (Å²) in [6, 6.07) is 0. The van der Waals surface area contributed by atoms with E-state index in [1.807, 2.05) is 6.92 Å². The second-order valence-electron chi connectivity index (χ2n) is 5.43. The van der Waals surface area contributed by atoms with Crippen LogP contribution in [0.4, 0.5) is 11.6 Å². The molecule has 0 amide bonds. The average molecular weight is 263 g/mol. The zero-order chi connectivity index (χ0) is 13.8. The molecule has 1 fully saturated rings. The van der Waals surface area contributed by atoms with Gasteiger partial charge in [0.2, 0.25) is 0 Å². The molecule has 1 saturated carbocycles. The van der Waals surface area contributed by atoms with Gasteiger partial charge in [-0.2, -0.15) is 0 Å².